The average molecular weight is 485 g/mol. The molecule has 4 aromatic rings. The molecule has 1 aliphatic rings. The van der Waals surface area contributed by atoms with Crippen molar-refractivity contribution in [2.45, 2.75) is 32.1 Å². The fourth-order valence-corrected chi connectivity index (χ4v) is 4.59. The number of benzene rings is 2. The van der Waals surface area contributed by atoms with Crippen LogP contribution >= 0.6 is 0 Å². The molecule has 0 spiro atoms. The van der Waals surface area contributed by atoms with Gasteiger partial charge in [0.1, 0.15) is 5.82 Å². The van der Waals surface area contributed by atoms with Gasteiger partial charge < -0.3 is 10.2 Å². The molecule has 0 bridgehead atoms. The molecular formula is C28H29FN6O. The first-order chi connectivity index (χ1) is 17.6. The Balaban J connectivity index is 1.32. The lowest BCUT2D eigenvalue weighted by molar-refractivity contribution is 0.178. The summed E-state index contributed by atoms with van der Waals surface area (Å²) in [6.45, 7) is 3.86. The molecule has 1 atom stereocenters. The zero-order valence-electron chi connectivity index (χ0n) is 20.3. The van der Waals surface area contributed by atoms with Crippen molar-refractivity contribution >= 4 is 6.03 Å². The van der Waals surface area contributed by atoms with Gasteiger partial charge in [0.05, 0.1) is 11.4 Å². The van der Waals surface area contributed by atoms with Crippen LogP contribution in [0.15, 0.2) is 73.1 Å². The monoisotopic (exact) mass is 484 g/mol. The van der Waals surface area contributed by atoms with Crippen LogP contribution in [0, 0.1) is 12.7 Å². The van der Waals surface area contributed by atoms with Gasteiger partial charge in [-0.3, -0.25) is 0 Å². The molecule has 1 saturated heterocycles. The summed E-state index contributed by atoms with van der Waals surface area (Å²) in [5.74, 6) is 0.372. The molecule has 184 valence electrons. The highest BCUT2D eigenvalue weighted by Crippen LogP contribution is 2.31. The lowest BCUT2D eigenvalue weighted by Crippen LogP contribution is -2.45. The third-order valence-electron chi connectivity index (χ3n) is 6.56. The number of piperidine rings is 1. The minimum absolute atomic E-state index is 0.0809. The number of nitrogens with zero attached hydrogens (tertiary/aromatic N) is 5. The van der Waals surface area contributed by atoms with Crippen molar-refractivity contribution in [1.82, 2.24) is 30.0 Å². The number of likely N-dealkylation sites (tertiary alicyclic amines) is 1. The molecule has 0 aliphatic carbocycles. The van der Waals surface area contributed by atoms with E-state index in [9.17, 15) is 9.18 Å². The highest BCUT2D eigenvalue weighted by atomic mass is 19.1. The summed E-state index contributed by atoms with van der Waals surface area (Å²) in [6.07, 6.45) is 5.92. The Kier molecular flexibility index (Phi) is 7.02. The third kappa shape index (κ3) is 5.43. The van der Waals surface area contributed by atoms with E-state index in [0.717, 1.165) is 35.4 Å². The molecule has 0 saturated carbocycles. The van der Waals surface area contributed by atoms with Crippen LogP contribution in [0.1, 0.15) is 35.6 Å². The van der Waals surface area contributed by atoms with E-state index in [2.05, 4.69) is 52.5 Å². The van der Waals surface area contributed by atoms with Gasteiger partial charge in [-0.15, -0.1) is 0 Å². The maximum Gasteiger partial charge on any atom is 0.317 e. The summed E-state index contributed by atoms with van der Waals surface area (Å²) in [5.41, 5.74) is 5.07. The number of aromatic nitrogens is 4. The van der Waals surface area contributed by atoms with E-state index >= 15 is 0 Å². The van der Waals surface area contributed by atoms with Crippen LogP contribution in [0.5, 0.6) is 0 Å². The molecule has 7 nitrogen and oxygen atoms in total. The maximum atomic E-state index is 13.1. The van der Waals surface area contributed by atoms with Crippen LogP contribution in [0.3, 0.4) is 0 Å². The van der Waals surface area contributed by atoms with Crippen LogP contribution in [0.4, 0.5) is 9.18 Å². The Bertz CT molecular complexity index is 1300. The number of carbonyl (C=O) groups excluding carboxylic acids is 1. The minimum Gasteiger partial charge on any atom is -0.338 e. The van der Waals surface area contributed by atoms with Gasteiger partial charge in [-0.1, -0.05) is 42.0 Å². The third-order valence-corrected chi connectivity index (χ3v) is 6.56. The lowest BCUT2D eigenvalue weighted by Gasteiger charge is -2.32. The van der Waals surface area contributed by atoms with Crippen LogP contribution < -0.4 is 5.32 Å². The molecule has 2 aromatic heterocycles. The van der Waals surface area contributed by atoms with E-state index in [-0.39, 0.29) is 17.8 Å². The molecule has 2 aromatic carbocycles. The summed E-state index contributed by atoms with van der Waals surface area (Å²) in [6, 6.07) is 18.5. The second kappa shape index (κ2) is 10.7. The predicted octanol–water partition coefficient (Wildman–Crippen LogP) is 4.91. The van der Waals surface area contributed by atoms with Crippen molar-refractivity contribution in [3.05, 3.63) is 95.7 Å². The Morgan fingerprint density at radius 3 is 2.58 bits per heavy atom. The van der Waals surface area contributed by atoms with Gasteiger partial charge in [-0.25, -0.2) is 23.8 Å². The van der Waals surface area contributed by atoms with Gasteiger partial charge >= 0.3 is 6.03 Å². The zero-order valence-corrected chi connectivity index (χ0v) is 20.3. The smallest absolute Gasteiger partial charge is 0.317 e. The Morgan fingerprint density at radius 2 is 1.83 bits per heavy atom. The summed E-state index contributed by atoms with van der Waals surface area (Å²) >= 11 is 0. The zero-order chi connectivity index (χ0) is 24.9. The van der Waals surface area contributed by atoms with Gasteiger partial charge in [0.2, 0.25) is 0 Å². The number of urea groups is 1. The summed E-state index contributed by atoms with van der Waals surface area (Å²) in [5, 5.41) is 7.88. The first-order valence-electron chi connectivity index (χ1n) is 12.3. The fourth-order valence-electron chi connectivity index (χ4n) is 4.59. The Labute approximate surface area is 210 Å². The molecule has 1 aliphatic heterocycles. The van der Waals surface area contributed by atoms with Crippen molar-refractivity contribution < 1.29 is 9.18 Å². The minimum atomic E-state index is -0.257. The number of hydrogen-bond acceptors (Lipinski definition) is 4. The van der Waals surface area contributed by atoms with E-state index in [4.69, 9.17) is 5.10 Å². The van der Waals surface area contributed by atoms with Crippen molar-refractivity contribution in [3.63, 3.8) is 0 Å². The lowest BCUT2D eigenvalue weighted by atomic mass is 9.94. The molecule has 8 heteroatoms. The predicted molar refractivity (Wildman–Crippen MR) is 136 cm³/mol. The first kappa shape index (κ1) is 23.7. The molecule has 3 heterocycles. The van der Waals surface area contributed by atoms with Crippen LogP contribution in [-0.4, -0.2) is 50.3 Å². The van der Waals surface area contributed by atoms with E-state index in [1.165, 1.54) is 17.7 Å². The molecule has 0 radical (unpaired) electrons. The standard InChI is InChI=1S/C28H29FN6O/c1-20-5-9-22(10-6-20)25-18-26(35(33-25)27-30-14-3-15-31-27)23-4-2-17-34(19-23)28(36)32-16-13-21-7-11-24(29)12-8-21/h3,5-12,14-15,18,23H,2,4,13,16-17,19H2,1H3,(H,32,36). The van der Waals surface area contributed by atoms with Crippen LogP contribution in [0.25, 0.3) is 17.2 Å². The maximum absolute atomic E-state index is 13.1. The molecular weight excluding hydrogens is 455 g/mol. The number of nitrogens with one attached hydrogen (secondary N) is 1. The van der Waals surface area contributed by atoms with E-state index in [0.29, 0.717) is 32.0 Å². The number of halogens is 1. The van der Waals surface area contributed by atoms with Crippen LogP contribution in [-0.2, 0) is 6.42 Å². The van der Waals surface area contributed by atoms with Gasteiger partial charge in [0.15, 0.2) is 0 Å². The average Bonchev–Trinajstić information content (AvgIpc) is 3.36. The number of carbonyl (C=O) groups is 1. The van der Waals surface area contributed by atoms with Gasteiger partial charge in [0.25, 0.3) is 5.95 Å². The SMILES string of the molecule is Cc1ccc(-c2cc(C3CCCN(C(=O)NCCc4ccc(F)cc4)C3)n(-c3ncccn3)n2)cc1. The topological polar surface area (TPSA) is 75.9 Å². The molecule has 1 unspecified atom stereocenters. The largest absolute Gasteiger partial charge is 0.338 e. The Hall–Kier alpha value is -4.07. The fraction of sp³-hybridized carbons (Fsp3) is 0.286. The van der Waals surface area contributed by atoms with Gasteiger partial charge in [0, 0.05) is 43.5 Å². The van der Waals surface area contributed by atoms with E-state index in [1.807, 2.05) is 9.58 Å². The molecule has 36 heavy (non-hydrogen) atoms. The van der Waals surface area contributed by atoms with Gasteiger partial charge in [-0.05, 0) is 56.0 Å². The van der Waals surface area contributed by atoms with Crippen LogP contribution in [0.2, 0.25) is 0 Å². The van der Waals surface area contributed by atoms with E-state index < -0.39 is 0 Å². The highest BCUT2D eigenvalue weighted by molar-refractivity contribution is 5.74. The van der Waals surface area contributed by atoms with Crippen molar-refractivity contribution in [3.8, 4) is 17.2 Å². The van der Waals surface area contributed by atoms with Crippen molar-refractivity contribution in [2.24, 2.45) is 0 Å². The molecule has 5 rings (SSSR count). The Morgan fingerprint density at radius 1 is 1.08 bits per heavy atom. The normalized spacial score (nSPS) is 15.6. The molecule has 1 fully saturated rings. The van der Waals surface area contributed by atoms with E-state index in [1.54, 1.807) is 30.6 Å². The number of aryl methyl sites for hydroxylation is 1. The van der Waals surface area contributed by atoms with Crippen molar-refractivity contribution in [2.75, 3.05) is 19.6 Å². The highest BCUT2D eigenvalue weighted by Gasteiger charge is 2.28. The quantitative estimate of drug-likeness (QED) is 0.422. The van der Waals surface area contributed by atoms with Gasteiger partial charge in [-0.2, -0.15) is 5.10 Å². The summed E-state index contributed by atoms with van der Waals surface area (Å²) in [7, 11) is 0. The van der Waals surface area contributed by atoms with Crippen molar-refractivity contribution in [1.29, 1.82) is 0 Å². The number of hydrogen-bond donors (Lipinski definition) is 1. The second-order valence-corrected chi connectivity index (χ2v) is 9.17. The number of amides is 2. The molecule has 1 N–H and O–H groups in total. The summed E-state index contributed by atoms with van der Waals surface area (Å²) in [4.78, 5) is 23.7. The summed E-state index contributed by atoms with van der Waals surface area (Å²) < 4.78 is 14.9. The first-order valence-corrected chi connectivity index (χ1v) is 12.3. The number of rotatable bonds is 6. The molecule has 2 amide bonds. The second-order valence-electron chi connectivity index (χ2n) is 9.17.